The number of nitrogens with one attached hydrogen (secondary N) is 1. The summed E-state index contributed by atoms with van der Waals surface area (Å²) in [5.41, 5.74) is 0.155. The smallest absolute Gasteiger partial charge is 0.0635 e. The van der Waals surface area contributed by atoms with Crippen LogP contribution in [-0.2, 0) is 4.74 Å². The van der Waals surface area contributed by atoms with Crippen LogP contribution in [0.25, 0.3) is 0 Å². The van der Waals surface area contributed by atoms with E-state index < -0.39 is 0 Å². The molecule has 0 spiro atoms. The number of rotatable bonds is 8. The largest absolute Gasteiger partial charge is 0.383 e. The molecule has 0 rings (SSSR count). The van der Waals surface area contributed by atoms with Crippen molar-refractivity contribution in [2.45, 2.75) is 32.7 Å². The van der Waals surface area contributed by atoms with Crippen molar-refractivity contribution in [3.63, 3.8) is 0 Å². The molecule has 0 radical (unpaired) electrons. The maximum Gasteiger partial charge on any atom is 0.0635 e. The molecule has 0 saturated carbocycles. The molecule has 1 N–H and O–H groups in total. The van der Waals surface area contributed by atoms with E-state index in [9.17, 15) is 0 Å². The van der Waals surface area contributed by atoms with Crippen LogP contribution in [0.2, 0.25) is 0 Å². The van der Waals surface area contributed by atoms with E-state index in [0.717, 1.165) is 32.8 Å². The van der Waals surface area contributed by atoms with Gasteiger partial charge < -0.3 is 10.1 Å². The minimum Gasteiger partial charge on any atom is -0.383 e. The summed E-state index contributed by atoms with van der Waals surface area (Å²) in [6.45, 7) is 10.8. The van der Waals surface area contributed by atoms with Crippen LogP contribution in [0, 0.1) is 11.3 Å². The number of nitriles is 1. The summed E-state index contributed by atoms with van der Waals surface area (Å²) in [6, 6.07) is 2.18. The van der Waals surface area contributed by atoms with Crippen LogP contribution in [0.15, 0.2) is 0 Å². The van der Waals surface area contributed by atoms with Gasteiger partial charge in [0, 0.05) is 45.2 Å². The molecule has 0 saturated heterocycles. The summed E-state index contributed by atoms with van der Waals surface area (Å²) in [7, 11) is 1.70. The third kappa shape index (κ3) is 9.91. The first-order chi connectivity index (χ1) is 7.49. The van der Waals surface area contributed by atoms with Crippen molar-refractivity contribution in [2.75, 3.05) is 39.9 Å². The third-order valence-corrected chi connectivity index (χ3v) is 2.23. The zero-order chi connectivity index (χ0) is 12.4. The number of methoxy groups -OCH3 is 1. The Morgan fingerprint density at radius 1 is 1.25 bits per heavy atom. The number of nitrogens with zero attached hydrogens (tertiary/aromatic N) is 2. The average molecular weight is 227 g/mol. The molecule has 0 aromatic carbocycles. The quantitative estimate of drug-likeness (QED) is 0.677. The molecule has 0 aromatic rings. The molecule has 0 heterocycles. The van der Waals surface area contributed by atoms with E-state index in [-0.39, 0.29) is 5.54 Å². The van der Waals surface area contributed by atoms with Crippen molar-refractivity contribution in [1.29, 1.82) is 5.26 Å². The Morgan fingerprint density at radius 3 is 2.44 bits per heavy atom. The number of hydrogen-bond acceptors (Lipinski definition) is 4. The van der Waals surface area contributed by atoms with Gasteiger partial charge in [-0.1, -0.05) is 0 Å². The maximum atomic E-state index is 8.57. The fourth-order valence-corrected chi connectivity index (χ4v) is 1.35. The van der Waals surface area contributed by atoms with Crippen molar-refractivity contribution in [2.24, 2.45) is 0 Å². The van der Waals surface area contributed by atoms with Gasteiger partial charge in [0.1, 0.15) is 0 Å². The SMILES string of the molecule is COCCN(CCC#N)CCNC(C)(C)C. The third-order valence-electron chi connectivity index (χ3n) is 2.23. The van der Waals surface area contributed by atoms with Gasteiger partial charge in [0.15, 0.2) is 0 Å². The molecule has 0 bridgehead atoms. The molecule has 0 unspecified atom stereocenters. The topological polar surface area (TPSA) is 48.3 Å². The van der Waals surface area contributed by atoms with Gasteiger partial charge in [-0.15, -0.1) is 0 Å². The number of hydrogen-bond donors (Lipinski definition) is 1. The molecule has 0 aliphatic carbocycles. The maximum absolute atomic E-state index is 8.57. The van der Waals surface area contributed by atoms with Crippen molar-refractivity contribution in [3.05, 3.63) is 0 Å². The van der Waals surface area contributed by atoms with Gasteiger partial charge in [-0.25, -0.2) is 0 Å². The van der Waals surface area contributed by atoms with Crippen LogP contribution in [0.1, 0.15) is 27.2 Å². The van der Waals surface area contributed by atoms with Crippen molar-refractivity contribution in [3.8, 4) is 6.07 Å². The Hall–Kier alpha value is -0.630. The molecule has 4 heteroatoms. The zero-order valence-corrected chi connectivity index (χ0v) is 11.0. The molecule has 0 aliphatic heterocycles. The van der Waals surface area contributed by atoms with E-state index >= 15 is 0 Å². The molecule has 4 nitrogen and oxygen atoms in total. The first-order valence-electron chi connectivity index (χ1n) is 5.83. The molecule has 16 heavy (non-hydrogen) atoms. The lowest BCUT2D eigenvalue weighted by Gasteiger charge is -2.25. The second kappa shape index (κ2) is 8.51. The fraction of sp³-hybridized carbons (Fsp3) is 0.917. The summed E-state index contributed by atoms with van der Waals surface area (Å²) in [5.74, 6) is 0. The van der Waals surface area contributed by atoms with Gasteiger partial charge in [-0.3, -0.25) is 4.90 Å². The van der Waals surface area contributed by atoms with E-state index in [1.165, 1.54) is 0 Å². The predicted molar refractivity (Wildman–Crippen MR) is 66.3 cm³/mol. The monoisotopic (exact) mass is 227 g/mol. The first kappa shape index (κ1) is 15.4. The van der Waals surface area contributed by atoms with Gasteiger partial charge >= 0.3 is 0 Å². The van der Waals surface area contributed by atoms with E-state index in [1.807, 2.05) is 0 Å². The molecule has 0 aliphatic rings. The van der Waals surface area contributed by atoms with E-state index in [1.54, 1.807) is 7.11 Å². The standard InChI is InChI=1S/C12H25N3O/c1-12(2,3)14-7-9-15(8-5-6-13)10-11-16-4/h14H,5,7-11H2,1-4H3. The van der Waals surface area contributed by atoms with Crippen LogP contribution in [0.5, 0.6) is 0 Å². The lowest BCUT2D eigenvalue weighted by molar-refractivity contribution is 0.148. The minimum absolute atomic E-state index is 0.155. The van der Waals surface area contributed by atoms with Crippen LogP contribution in [0.4, 0.5) is 0 Å². The second-order valence-corrected chi connectivity index (χ2v) is 4.92. The van der Waals surface area contributed by atoms with Crippen LogP contribution in [0.3, 0.4) is 0 Å². The Morgan fingerprint density at radius 2 is 1.94 bits per heavy atom. The predicted octanol–water partition coefficient (Wildman–Crippen LogP) is 1.24. The highest BCUT2D eigenvalue weighted by Gasteiger charge is 2.09. The summed E-state index contributed by atoms with van der Waals surface area (Å²) >= 11 is 0. The average Bonchev–Trinajstić information content (AvgIpc) is 2.19. The van der Waals surface area contributed by atoms with E-state index in [2.05, 4.69) is 37.1 Å². The molecular formula is C12H25N3O. The Labute approximate surface area is 99.6 Å². The Balaban J connectivity index is 3.78. The van der Waals surface area contributed by atoms with Gasteiger partial charge in [0.2, 0.25) is 0 Å². The van der Waals surface area contributed by atoms with Crippen LogP contribution in [-0.4, -0.2) is 50.3 Å². The molecule has 94 valence electrons. The van der Waals surface area contributed by atoms with E-state index in [0.29, 0.717) is 6.42 Å². The van der Waals surface area contributed by atoms with Gasteiger partial charge in [-0.05, 0) is 20.8 Å². The molecule has 0 fully saturated rings. The summed E-state index contributed by atoms with van der Waals surface area (Å²) in [6.07, 6.45) is 0.583. The highest BCUT2D eigenvalue weighted by Crippen LogP contribution is 1.98. The lowest BCUT2D eigenvalue weighted by atomic mass is 10.1. The summed E-state index contributed by atoms with van der Waals surface area (Å²) in [5, 5.41) is 12.0. The van der Waals surface area contributed by atoms with Crippen LogP contribution >= 0.6 is 0 Å². The highest BCUT2D eigenvalue weighted by atomic mass is 16.5. The number of ether oxygens (including phenoxy) is 1. The summed E-state index contributed by atoms with van der Waals surface area (Å²) in [4.78, 5) is 2.26. The van der Waals surface area contributed by atoms with Crippen molar-refractivity contribution in [1.82, 2.24) is 10.2 Å². The molecular weight excluding hydrogens is 202 g/mol. The first-order valence-corrected chi connectivity index (χ1v) is 5.83. The van der Waals surface area contributed by atoms with Gasteiger partial charge in [0.25, 0.3) is 0 Å². The van der Waals surface area contributed by atoms with Crippen molar-refractivity contribution >= 4 is 0 Å². The lowest BCUT2D eigenvalue weighted by Crippen LogP contribution is -2.42. The van der Waals surface area contributed by atoms with Crippen molar-refractivity contribution < 1.29 is 4.74 Å². The molecule has 0 aromatic heterocycles. The summed E-state index contributed by atoms with van der Waals surface area (Å²) < 4.78 is 5.05. The Kier molecular flexibility index (Phi) is 8.18. The van der Waals surface area contributed by atoms with Crippen LogP contribution < -0.4 is 5.32 Å². The normalized spacial score (nSPS) is 11.8. The second-order valence-electron chi connectivity index (χ2n) is 4.92. The fourth-order valence-electron chi connectivity index (χ4n) is 1.35. The minimum atomic E-state index is 0.155. The van der Waals surface area contributed by atoms with Gasteiger partial charge in [-0.2, -0.15) is 5.26 Å². The van der Waals surface area contributed by atoms with E-state index in [4.69, 9.17) is 10.00 Å². The molecule has 0 atom stereocenters. The molecule has 0 amide bonds. The Bertz CT molecular complexity index is 205. The zero-order valence-electron chi connectivity index (χ0n) is 11.0. The van der Waals surface area contributed by atoms with Gasteiger partial charge in [0.05, 0.1) is 12.7 Å². The highest BCUT2D eigenvalue weighted by molar-refractivity contribution is 4.75.